The van der Waals surface area contributed by atoms with Crippen molar-refractivity contribution in [3.05, 3.63) is 56.7 Å². The summed E-state index contributed by atoms with van der Waals surface area (Å²) in [6, 6.07) is 7.31. The van der Waals surface area contributed by atoms with Gasteiger partial charge in [-0.2, -0.15) is 0 Å². The summed E-state index contributed by atoms with van der Waals surface area (Å²) >= 11 is 0. The third-order valence-electron chi connectivity index (χ3n) is 2.18. The standard InChI is InChI=1S/C11H10N4O3/c12-7-3-1-6(2-4-7)10(17)13-8-5-9(16)15-11(18)14-8/h1-5H,12H2,(H3,13,14,15,16,17,18). The lowest BCUT2D eigenvalue weighted by Crippen LogP contribution is -2.24. The molecule has 0 aliphatic rings. The maximum absolute atomic E-state index is 11.8. The lowest BCUT2D eigenvalue weighted by molar-refractivity contribution is 0.102. The van der Waals surface area contributed by atoms with E-state index in [9.17, 15) is 14.4 Å². The van der Waals surface area contributed by atoms with Crippen LogP contribution in [0.2, 0.25) is 0 Å². The lowest BCUT2D eigenvalue weighted by atomic mass is 10.2. The highest BCUT2D eigenvalue weighted by atomic mass is 16.2. The van der Waals surface area contributed by atoms with Gasteiger partial charge in [0.1, 0.15) is 5.82 Å². The van der Waals surface area contributed by atoms with Gasteiger partial charge in [0.25, 0.3) is 11.5 Å². The molecule has 0 bridgehead atoms. The summed E-state index contributed by atoms with van der Waals surface area (Å²) in [5.74, 6) is -0.415. The van der Waals surface area contributed by atoms with Crippen LogP contribution in [0.25, 0.3) is 0 Å². The van der Waals surface area contributed by atoms with Crippen LogP contribution in [0.1, 0.15) is 10.4 Å². The molecule has 0 saturated carbocycles. The number of aromatic nitrogens is 2. The second kappa shape index (κ2) is 4.58. The molecule has 92 valence electrons. The Kier molecular flexibility index (Phi) is 2.96. The number of nitrogens with two attached hydrogens (primary N) is 1. The van der Waals surface area contributed by atoms with Crippen LogP contribution in [-0.4, -0.2) is 15.9 Å². The highest BCUT2D eigenvalue weighted by Gasteiger charge is 2.06. The molecule has 2 aromatic rings. The van der Waals surface area contributed by atoms with E-state index >= 15 is 0 Å². The Morgan fingerprint density at radius 2 is 1.78 bits per heavy atom. The van der Waals surface area contributed by atoms with E-state index in [2.05, 4.69) is 10.3 Å². The summed E-state index contributed by atoms with van der Waals surface area (Å²) in [5.41, 5.74) is 5.12. The number of benzene rings is 1. The van der Waals surface area contributed by atoms with Crippen molar-refractivity contribution >= 4 is 17.4 Å². The van der Waals surface area contributed by atoms with Crippen LogP contribution in [0.3, 0.4) is 0 Å². The largest absolute Gasteiger partial charge is 0.399 e. The molecule has 1 aromatic carbocycles. The van der Waals surface area contributed by atoms with Crippen LogP contribution in [0.5, 0.6) is 0 Å². The molecule has 0 atom stereocenters. The Balaban J connectivity index is 2.23. The summed E-state index contributed by atoms with van der Waals surface area (Å²) in [4.78, 5) is 38.1. The molecular weight excluding hydrogens is 236 g/mol. The van der Waals surface area contributed by atoms with Crippen LogP contribution in [0.15, 0.2) is 39.9 Å². The van der Waals surface area contributed by atoms with Crippen molar-refractivity contribution in [2.45, 2.75) is 0 Å². The zero-order valence-electron chi connectivity index (χ0n) is 9.19. The molecule has 0 aliphatic carbocycles. The number of H-pyrrole nitrogens is 2. The number of amides is 1. The van der Waals surface area contributed by atoms with Gasteiger partial charge in [-0.25, -0.2) is 4.79 Å². The van der Waals surface area contributed by atoms with Gasteiger partial charge in [0.2, 0.25) is 0 Å². The van der Waals surface area contributed by atoms with E-state index in [1.807, 2.05) is 4.98 Å². The van der Waals surface area contributed by atoms with Crippen molar-refractivity contribution in [2.24, 2.45) is 0 Å². The van der Waals surface area contributed by atoms with Gasteiger partial charge in [-0.1, -0.05) is 0 Å². The minimum atomic E-state index is -0.685. The fourth-order valence-electron chi connectivity index (χ4n) is 1.37. The first kappa shape index (κ1) is 11.6. The van der Waals surface area contributed by atoms with Gasteiger partial charge in [0, 0.05) is 17.3 Å². The van der Waals surface area contributed by atoms with E-state index in [1.165, 1.54) is 12.1 Å². The number of hydrogen-bond donors (Lipinski definition) is 4. The van der Waals surface area contributed by atoms with Crippen molar-refractivity contribution in [3.63, 3.8) is 0 Å². The van der Waals surface area contributed by atoms with Crippen LogP contribution >= 0.6 is 0 Å². The first-order valence-electron chi connectivity index (χ1n) is 5.05. The maximum Gasteiger partial charge on any atom is 0.327 e. The quantitative estimate of drug-likeness (QED) is 0.553. The molecule has 7 heteroatoms. The number of carbonyl (C=O) groups is 1. The number of rotatable bonds is 2. The molecule has 1 heterocycles. The summed E-state index contributed by atoms with van der Waals surface area (Å²) < 4.78 is 0. The summed E-state index contributed by atoms with van der Waals surface area (Å²) in [5, 5.41) is 2.40. The number of anilines is 2. The van der Waals surface area contributed by atoms with E-state index in [-0.39, 0.29) is 5.82 Å². The number of nitrogens with one attached hydrogen (secondary N) is 3. The molecule has 5 N–H and O–H groups in total. The van der Waals surface area contributed by atoms with Crippen molar-refractivity contribution in [1.82, 2.24) is 9.97 Å². The van der Waals surface area contributed by atoms with Gasteiger partial charge in [-0.3, -0.25) is 19.6 Å². The van der Waals surface area contributed by atoms with Gasteiger partial charge >= 0.3 is 5.69 Å². The zero-order valence-corrected chi connectivity index (χ0v) is 9.19. The minimum Gasteiger partial charge on any atom is -0.399 e. The van der Waals surface area contributed by atoms with E-state index < -0.39 is 17.2 Å². The molecule has 18 heavy (non-hydrogen) atoms. The lowest BCUT2D eigenvalue weighted by Gasteiger charge is -2.04. The van der Waals surface area contributed by atoms with Crippen LogP contribution < -0.4 is 22.3 Å². The Morgan fingerprint density at radius 1 is 1.11 bits per heavy atom. The monoisotopic (exact) mass is 246 g/mol. The van der Waals surface area contributed by atoms with Gasteiger partial charge in [0.05, 0.1) is 0 Å². The highest BCUT2D eigenvalue weighted by Crippen LogP contribution is 2.07. The second-order valence-electron chi connectivity index (χ2n) is 3.58. The molecule has 1 amide bonds. The molecule has 0 unspecified atom stereocenters. The number of aromatic amines is 2. The molecule has 0 aliphatic heterocycles. The zero-order chi connectivity index (χ0) is 13.1. The number of hydrogen-bond acceptors (Lipinski definition) is 4. The Bertz CT molecular complexity index is 656. The SMILES string of the molecule is Nc1ccc(C(=O)Nc2cc(=O)[nH]c(=O)[nH]2)cc1. The maximum atomic E-state index is 11.8. The van der Waals surface area contributed by atoms with Gasteiger partial charge in [-0.05, 0) is 24.3 Å². The third-order valence-corrected chi connectivity index (χ3v) is 2.18. The van der Waals surface area contributed by atoms with Crippen LogP contribution in [0, 0.1) is 0 Å². The van der Waals surface area contributed by atoms with E-state index in [0.29, 0.717) is 11.3 Å². The minimum absolute atomic E-state index is 0.0329. The fraction of sp³-hybridized carbons (Fsp3) is 0. The molecule has 0 fully saturated rings. The predicted octanol–water partition coefficient (Wildman–Crippen LogP) is -0.102. The smallest absolute Gasteiger partial charge is 0.327 e. The van der Waals surface area contributed by atoms with Crippen LogP contribution in [-0.2, 0) is 0 Å². The summed E-state index contributed by atoms with van der Waals surface area (Å²) in [6.07, 6.45) is 0. The van der Waals surface area contributed by atoms with Gasteiger partial charge in [0.15, 0.2) is 0 Å². The first-order chi connectivity index (χ1) is 8.54. The molecule has 2 rings (SSSR count). The van der Waals surface area contributed by atoms with Gasteiger partial charge in [-0.15, -0.1) is 0 Å². The van der Waals surface area contributed by atoms with Crippen LogP contribution in [0.4, 0.5) is 11.5 Å². The topological polar surface area (TPSA) is 121 Å². The van der Waals surface area contributed by atoms with Crippen molar-refractivity contribution < 1.29 is 4.79 Å². The normalized spacial score (nSPS) is 10.0. The number of nitrogen functional groups attached to an aromatic ring is 1. The average Bonchev–Trinajstić information content (AvgIpc) is 2.28. The molecule has 7 nitrogen and oxygen atoms in total. The Morgan fingerprint density at radius 3 is 2.39 bits per heavy atom. The summed E-state index contributed by atoms with van der Waals surface area (Å²) in [7, 11) is 0. The van der Waals surface area contributed by atoms with E-state index in [4.69, 9.17) is 5.73 Å². The Hall–Kier alpha value is -2.83. The van der Waals surface area contributed by atoms with Crippen molar-refractivity contribution in [3.8, 4) is 0 Å². The van der Waals surface area contributed by atoms with E-state index in [1.54, 1.807) is 12.1 Å². The fourth-order valence-corrected chi connectivity index (χ4v) is 1.37. The Labute approximate surface area is 101 Å². The second-order valence-corrected chi connectivity index (χ2v) is 3.58. The average molecular weight is 246 g/mol. The highest BCUT2D eigenvalue weighted by molar-refractivity contribution is 6.03. The predicted molar refractivity (Wildman–Crippen MR) is 66.5 cm³/mol. The molecule has 0 saturated heterocycles. The van der Waals surface area contributed by atoms with Crippen molar-refractivity contribution in [2.75, 3.05) is 11.1 Å². The third kappa shape index (κ3) is 2.64. The number of carbonyl (C=O) groups excluding carboxylic acids is 1. The van der Waals surface area contributed by atoms with Crippen molar-refractivity contribution in [1.29, 1.82) is 0 Å². The van der Waals surface area contributed by atoms with E-state index in [0.717, 1.165) is 6.07 Å². The molecular formula is C11H10N4O3. The first-order valence-corrected chi connectivity index (χ1v) is 5.05. The molecule has 1 aromatic heterocycles. The summed E-state index contributed by atoms with van der Waals surface area (Å²) in [6.45, 7) is 0. The van der Waals surface area contributed by atoms with Gasteiger partial charge < -0.3 is 11.1 Å². The molecule has 0 spiro atoms. The molecule has 0 radical (unpaired) electrons.